The van der Waals surface area contributed by atoms with Crippen LogP contribution in [-0.2, 0) is 10.0 Å². The fourth-order valence-electron chi connectivity index (χ4n) is 3.46. The van der Waals surface area contributed by atoms with Crippen LogP contribution in [0.5, 0.6) is 5.75 Å². The smallest absolute Gasteiger partial charge is 0.317 e. The molecule has 1 heterocycles. The number of hydrogen-bond donors (Lipinski definition) is 2. The van der Waals surface area contributed by atoms with Gasteiger partial charge in [-0.15, -0.1) is 0 Å². The van der Waals surface area contributed by atoms with Crippen molar-refractivity contribution in [3.8, 4) is 17.6 Å². The summed E-state index contributed by atoms with van der Waals surface area (Å²) in [7, 11) is -2.23. The summed E-state index contributed by atoms with van der Waals surface area (Å²) in [5.74, 6) is 6.26. The highest BCUT2D eigenvalue weighted by molar-refractivity contribution is 7.89. The van der Waals surface area contributed by atoms with Crippen LogP contribution in [-0.4, -0.2) is 73.7 Å². The van der Waals surface area contributed by atoms with Crippen molar-refractivity contribution in [1.29, 1.82) is 0 Å². The molecule has 2 N–H and O–H groups in total. The Hall–Kier alpha value is -2.28. The zero-order valence-corrected chi connectivity index (χ0v) is 21.4. The number of ether oxygens (including phenoxy) is 1. The van der Waals surface area contributed by atoms with Crippen LogP contribution in [0, 0.1) is 23.7 Å². The van der Waals surface area contributed by atoms with Crippen molar-refractivity contribution < 1.29 is 23.1 Å². The molecule has 1 aromatic rings. The van der Waals surface area contributed by atoms with E-state index in [0.717, 1.165) is 0 Å². The minimum atomic E-state index is -3.91. The number of sulfonamides is 1. The minimum absolute atomic E-state index is 0.00974. The fraction of sp³-hybridized carbons (Fsp3) is 0.625. The monoisotopic (exact) mass is 479 g/mol. The number of hydrogen-bond acceptors (Lipinski definition) is 5. The van der Waals surface area contributed by atoms with Crippen molar-refractivity contribution >= 4 is 16.1 Å². The predicted molar refractivity (Wildman–Crippen MR) is 128 cm³/mol. The van der Waals surface area contributed by atoms with E-state index in [1.54, 1.807) is 31.0 Å². The topological polar surface area (TPSA) is 99.2 Å². The van der Waals surface area contributed by atoms with Crippen LogP contribution in [0.3, 0.4) is 0 Å². The molecule has 2 amide bonds. The van der Waals surface area contributed by atoms with Gasteiger partial charge in [-0.2, -0.15) is 4.31 Å². The standard InChI is InChI=1S/C24H37N3O5S/c1-16(2)8-9-20-10-11-23-21(12-20)32-22(14-26(7)24(29)25-17(3)4)18(5)13-27(19(6)15-28)33(23,30)31/h10-12,16-19,22,28H,13-15H2,1-7H3,(H,25,29)/t18-,19-,22+/m1/s1. The number of carbonyl (C=O) groups excluding carboxylic acids is 1. The van der Waals surface area contributed by atoms with Crippen LogP contribution >= 0.6 is 0 Å². The Morgan fingerprint density at radius 2 is 1.97 bits per heavy atom. The number of likely N-dealkylation sites (N-methyl/N-ethyl adjacent to an activating group) is 1. The highest BCUT2D eigenvalue weighted by Crippen LogP contribution is 2.34. The Morgan fingerprint density at radius 3 is 2.55 bits per heavy atom. The molecule has 0 saturated heterocycles. The minimum Gasteiger partial charge on any atom is -0.487 e. The number of nitrogens with zero attached hydrogens (tertiary/aromatic N) is 2. The largest absolute Gasteiger partial charge is 0.487 e. The van der Waals surface area contributed by atoms with Gasteiger partial charge in [-0.25, -0.2) is 13.2 Å². The SMILES string of the molecule is CC(C)C#Cc1ccc2c(c1)O[C@@H](CN(C)C(=O)NC(C)C)[C@H](C)CN([C@H](C)CO)S2(=O)=O. The summed E-state index contributed by atoms with van der Waals surface area (Å²) in [5.41, 5.74) is 0.650. The molecule has 9 heteroatoms. The lowest BCUT2D eigenvalue weighted by Crippen LogP contribution is -2.51. The maximum Gasteiger partial charge on any atom is 0.317 e. The first kappa shape index (κ1) is 27.0. The Bertz CT molecular complexity index is 997. The molecule has 8 nitrogen and oxygen atoms in total. The number of aliphatic hydroxyl groups excluding tert-OH is 1. The van der Waals surface area contributed by atoms with Gasteiger partial charge in [0.05, 0.1) is 13.2 Å². The Morgan fingerprint density at radius 1 is 1.30 bits per heavy atom. The van der Waals surface area contributed by atoms with Crippen molar-refractivity contribution in [2.75, 3.05) is 26.7 Å². The van der Waals surface area contributed by atoms with E-state index in [1.165, 1.54) is 10.4 Å². The molecule has 0 bridgehead atoms. The molecule has 1 aromatic carbocycles. The first-order valence-corrected chi connectivity index (χ1v) is 12.8. The maximum atomic E-state index is 13.5. The highest BCUT2D eigenvalue weighted by atomic mass is 32.2. The number of amides is 2. The van der Waals surface area contributed by atoms with E-state index in [2.05, 4.69) is 17.2 Å². The molecule has 184 valence electrons. The van der Waals surface area contributed by atoms with Crippen LogP contribution in [0.4, 0.5) is 4.79 Å². The number of aliphatic hydroxyl groups is 1. The molecule has 0 radical (unpaired) electrons. The third-order valence-electron chi connectivity index (χ3n) is 5.38. The third-order valence-corrected chi connectivity index (χ3v) is 7.40. The fourth-order valence-corrected chi connectivity index (χ4v) is 5.28. The van der Waals surface area contributed by atoms with Crippen molar-refractivity contribution in [3.63, 3.8) is 0 Å². The van der Waals surface area contributed by atoms with Crippen molar-refractivity contribution in [1.82, 2.24) is 14.5 Å². The van der Waals surface area contributed by atoms with Gasteiger partial charge in [-0.1, -0.05) is 32.6 Å². The lowest BCUT2D eigenvalue weighted by Gasteiger charge is -2.37. The number of fused-ring (bicyclic) bond motifs is 1. The number of benzene rings is 1. The molecular formula is C24H37N3O5S. The van der Waals surface area contributed by atoms with Gasteiger partial charge in [0, 0.05) is 43.1 Å². The van der Waals surface area contributed by atoms with Crippen molar-refractivity contribution in [2.45, 2.75) is 64.6 Å². The summed E-state index contributed by atoms with van der Waals surface area (Å²) in [5, 5.41) is 12.6. The number of urea groups is 1. The average molecular weight is 480 g/mol. The van der Waals surface area contributed by atoms with Gasteiger partial charge < -0.3 is 20.1 Å². The van der Waals surface area contributed by atoms with Crippen molar-refractivity contribution in [3.05, 3.63) is 23.8 Å². The lowest BCUT2D eigenvalue weighted by atomic mass is 10.0. The van der Waals surface area contributed by atoms with Gasteiger partial charge in [0.1, 0.15) is 16.7 Å². The number of rotatable bonds is 5. The van der Waals surface area contributed by atoms with E-state index in [1.807, 2.05) is 34.6 Å². The zero-order chi connectivity index (χ0) is 24.9. The van der Waals surface area contributed by atoms with Gasteiger partial charge >= 0.3 is 6.03 Å². The van der Waals surface area contributed by atoms with E-state index >= 15 is 0 Å². The predicted octanol–water partition coefficient (Wildman–Crippen LogP) is 2.51. The van der Waals surface area contributed by atoms with E-state index in [9.17, 15) is 18.3 Å². The molecule has 1 aliphatic rings. The van der Waals surface area contributed by atoms with Gasteiger partial charge in [-0.3, -0.25) is 0 Å². The van der Waals surface area contributed by atoms with Gasteiger partial charge in [0.2, 0.25) is 10.0 Å². The van der Waals surface area contributed by atoms with Gasteiger partial charge in [0.15, 0.2) is 0 Å². The molecule has 0 spiro atoms. The maximum absolute atomic E-state index is 13.5. The molecular weight excluding hydrogens is 442 g/mol. The zero-order valence-electron chi connectivity index (χ0n) is 20.6. The van der Waals surface area contributed by atoms with Crippen LogP contribution in [0.2, 0.25) is 0 Å². The summed E-state index contributed by atoms with van der Waals surface area (Å²) < 4.78 is 34.5. The molecule has 0 saturated carbocycles. The second kappa shape index (κ2) is 11.2. The molecule has 0 aromatic heterocycles. The van der Waals surface area contributed by atoms with Crippen LogP contribution in [0.1, 0.15) is 47.1 Å². The quantitative estimate of drug-likeness (QED) is 0.633. The summed E-state index contributed by atoms with van der Waals surface area (Å²) in [4.78, 5) is 14.0. The average Bonchev–Trinajstić information content (AvgIpc) is 2.73. The number of carbonyl (C=O) groups is 1. The van der Waals surface area contributed by atoms with Crippen molar-refractivity contribution in [2.24, 2.45) is 11.8 Å². The highest BCUT2D eigenvalue weighted by Gasteiger charge is 2.38. The van der Waals surface area contributed by atoms with E-state index in [4.69, 9.17) is 4.74 Å². The van der Waals surface area contributed by atoms with E-state index in [-0.39, 0.29) is 54.3 Å². The van der Waals surface area contributed by atoms with Crippen LogP contribution < -0.4 is 10.1 Å². The van der Waals surface area contributed by atoms with Crippen LogP contribution in [0.15, 0.2) is 23.1 Å². The molecule has 2 rings (SSSR count). The van der Waals surface area contributed by atoms with Crippen LogP contribution in [0.25, 0.3) is 0 Å². The summed E-state index contributed by atoms with van der Waals surface area (Å²) >= 11 is 0. The second-order valence-electron chi connectivity index (χ2n) is 9.31. The summed E-state index contributed by atoms with van der Waals surface area (Å²) in [6.45, 7) is 11.4. The molecule has 33 heavy (non-hydrogen) atoms. The van der Waals surface area contributed by atoms with Gasteiger partial charge in [0.25, 0.3) is 0 Å². The first-order valence-electron chi connectivity index (χ1n) is 11.3. The molecule has 0 aliphatic carbocycles. The Kier molecular flexibility index (Phi) is 9.18. The Labute approximate surface area is 198 Å². The lowest BCUT2D eigenvalue weighted by molar-refractivity contribution is 0.0809. The Balaban J connectivity index is 2.53. The normalized spacial score (nSPS) is 21.2. The van der Waals surface area contributed by atoms with Gasteiger partial charge in [-0.05, 0) is 39.0 Å². The van der Waals surface area contributed by atoms with E-state index in [0.29, 0.717) is 5.56 Å². The molecule has 0 fully saturated rings. The number of nitrogens with one attached hydrogen (secondary N) is 1. The first-order chi connectivity index (χ1) is 15.4. The molecule has 1 aliphatic heterocycles. The van der Waals surface area contributed by atoms with E-state index < -0.39 is 22.2 Å². The second-order valence-corrected chi connectivity index (χ2v) is 11.2. The third kappa shape index (κ3) is 6.85. The summed E-state index contributed by atoms with van der Waals surface area (Å²) in [6, 6.07) is 3.97. The molecule has 3 atom stereocenters. The summed E-state index contributed by atoms with van der Waals surface area (Å²) in [6.07, 6.45) is -0.469. The molecule has 0 unspecified atom stereocenters.